The quantitative estimate of drug-likeness (QED) is 0.173. The van der Waals surface area contributed by atoms with Crippen molar-refractivity contribution in [3.05, 3.63) is 161 Å². The van der Waals surface area contributed by atoms with Gasteiger partial charge in [-0.2, -0.15) is 0 Å². The summed E-state index contributed by atoms with van der Waals surface area (Å²) in [6.45, 7) is 14.5. The molecule has 7 aliphatic carbocycles. The third kappa shape index (κ3) is 3.96. The topological polar surface area (TPSA) is 3.24 Å². The van der Waals surface area contributed by atoms with Gasteiger partial charge in [-0.1, -0.05) is 126 Å². The fraction of sp³-hybridized carbons (Fsp3) is 0.368. The van der Waals surface area contributed by atoms with Crippen molar-refractivity contribution in [3.63, 3.8) is 0 Å². The lowest BCUT2D eigenvalue weighted by Gasteiger charge is -2.76. The minimum atomic E-state index is -0.0676. The fourth-order valence-corrected chi connectivity index (χ4v) is 15.3. The van der Waals surface area contributed by atoms with Crippen molar-refractivity contribution in [2.45, 2.75) is 102 Å². The average Bonchev–Trinajstić information content (AvgIpc) is 3.92. The van der Waals surface area contributed by atoms with E-state index in [1.165, 1.54) is 111 Å². The van der Waals surface area contributed by atoms with Gasteiger partial charge in [0.2, 0.25) is 0 Å². The lowest BCUT2D eigenvalue weighted by Crippen LogP contribution is -2.73. The molecule has 6 atom stereocenters. The Morgan fingerprint density at radius 2 is 1.02 bits per heavy atom. The first kappa shape index (κ1) is 34.0. The molecule has 4 fully saturated rings. The summed E-state index contributed by atoms with van der Waals surface area (Å²) in [5.41, 5.74) is 22.3. The molecule has 1 nitrogen and oxygen atoms in total. The zero-order chi connectivity index (χ0) is 39.1. The minimum Gasteiger partial charge on any atom is -0.310 e. The molecular formula is C57H55N. The summed E-state index contributed by atoms with van der Waals surface area (Å²) < 4.78 is 0. The summed E-state index contributed by atoms with van der Waals surface area (Å²) in [5.74, 6) is 3.69. The van der Waals surface area contributed by atoms with E-state index < -0.39 is 0 Å². The Labute approximate surface area is 345 Å². The van der Waals surface area contributed by atoms with E-state index in [9.17, 15) is 0 Å². The van der Waals surface area contributed by atoms with E-state index in [1.807, 2.05) is 0 Å². The standard InChI is InChI=1S/C57H55N/c1-53(2)25-26-54(3,4)50-32-40(21-24-48(50)53)58(39-20-22-43-41-11-7-9-13-45(41)55(5,6)49(43)31-39)38-18-15-35(16-19-38)36-17-23-47-44(29-36)42-12-8-10-14-46(42)57(47)51-28-34-27-37-30-52(57)56(37,51)33-34/h7-24,29,31-32,34,37,51-52H,25-28,30,33H2,1-6H3. The van der Waals surface area contributed by atoms with Gasteiger partial charge in [-0.3, -0.25) is 0 Å². The van der Waals surface area contributed by atoms with E-state index in [4.69, 9.17) is 0 Å². The third-order valence-electron chi connectivity index (χ3n) is 18.0. The summed E-state index contributed by atoms with van der Waals surface area (Å²) in [5, 5.41) is 0. The van der Waals surface area contributed by atoms with Crippen LogP contribution < -0.4 is 4.90 Å². The fourth-order valence-electron chi connectivity index (χ4n) is 15.3. The molecule has 4 saturated carbocycles. The van der Waals surface area contributed by atoms with Crippen molar-refractivity contribution >= 4 is 17.1 Å². The molecule has 13 rings (SSSR count). The molecule has 0 heterocycles. The second-order valence-corrected chi connectivity index (χ2v) is 21.6. The molecule has 288 valence electrons. The Bertz CT molecular complexity index is 2760. The predicted octanol–water partition coefficient (Wildman–Crippen LogP) is 14.8. The van der Waals surface area contributed by atoms with Crippen molar-refractivity contribution in [2.75, 3.05) is 4.90 Å². The van der Waals surface area contributed by atoms with Gasteiger partial charge in [0.25, 0.3) is 0 Å². The molecule has 0 amide bonds. The zero-order valence-electron chi connectivity index (χ0n) is 35.1. The van der Waals surface area contributed by atoms with Gasteiger partial charge in [-0.25, -0.2) is 0 Å². The first-order chi connectivity index (χ1) is 27.9. The van der Waals surface area contributed by atoms with E-state index in [0.717, 1.165) is 23.7 Å². The maximum absolute atomic E-state index is 2.57. The molecule has 6 aromatic carbocycles. The Kier molecular flexibility index (Phi) is 6.36. The Hall–Kier alpha value is -4.88. The van der Waals surface area contributed by atoms with Gasteiger partial charge in [0, 0.05) is 27.9 Å². The van der Waals surface area contributed by atoms with Gasteiger partial charge in [0.15, 0.2) is 0 Å². The highest BCUT2D eigenvalue weighted by Crippen LogP contribution is 2.89. The molecule has 0 aliphatic heterocycles. The van der Waals surface area contributed by atoms with Gasteiger partial charge in [-0.05, 0) is 188 Å². The summed E-state index contributed by atoms with van der Waals surface area (Å²) in [6, 6.07) is 50.2. The van der Waals surface area contributed by atoms with Crippen molar-refractivity contribution in [1.82, 2.24) is 0 Å². The van der Waals surface area contributed by atoms with Crippen molar-refractivity contribution in [2.24, 2.45) is 29.1 Å². The van der Waals surface area contributed by atoms with E-state index in [2.05, 4.69) is 174 Å². The normalized spacial score (nSPS) is 29.7. The summed E-state index contributed by atoms with van der Waals surface area (Å²) in [6.07, 6.45) is 8.36. The van der Waals surface area contributed by atoms with Crippen molar-refractivity contribution in [3.8, 4) is 33.4 Å². The Morgan fingerprint density at radius 1 is 0.448 bits per heavy atom. The SMILES string of the molecule is CC1(C)CCC(C)(C)c2cc(N(c3ccc(-c4ccc5c(c4)-c4ccccc4C54C5CC6CC7CC4C75C6)cc3)c3ccc4c(c3)C(C)(C)c3ccccc3-4)ccc21. The molecule has 0 saturated heterocycles. The summed E-state index contributed by atoms with van der Waals surface area (Å²) in [7, 11) is 0. The van der Waals surface area contributed by atoms with Crippen LogP contribution in [0.5, 0.6) is 0 Å². The molecule has 7 aliphatic rings. The molecular weight excluding hydrogens is 699 g/mol. The lowest BCUT2D eigenvalue weighted by atomic mass is 9.27. The number of hydrogen-bond donors (Lipinski definition) is 0. The lowest BCUT2D eigenvalue weighted by molar-refractivity contribution is -0.231. The van der Waals surface area contributed by atoms with E-state index in [-0.39, 0.29) is 21.7 Å². The monoisotopic (exact) mass is 753 g/mol. The molecule has 1 heteroatoms. The smallest absolute Gasteiger partial charge is 0.0465 e. The summed E-state index contributed by atoms with van der Waals surface area (Å²) in [4.78, 5) is 2.53. The first-order valence-electron chi connectivity index (χ1n) is 22.5. The number of nitrogens with zero attached hydrogens (tertiary/aromatic N) is 1. The molecule has 0 radical (unpaired) electrons. The minimum absolute atomic E-state index is 0.0676. The molecule has 0 aromatic heterocycles. The number of benzene rings is 6. The van der Waals surface area contributed by atoms with Gasteiger partial charge in [0.1, 0.15) is 0 Å². The van der Waals surface area contributed by atoms with Gasteiger partial charge in [0.05, 0.1) is 0 Å². The number of rotatable bonds is 4. The van der Waals surface area contributed by atoms with Gasteiger partial charge in [-0.15, -0.1) is 0 Å². The van der Waals surface area contributed by atoms with E-state index in [0.29, 0.717) is 5.41 Å². The molecule has 58 heavy (non-hydrogen) atoms. The van der Waals surface area contributed by atoms with Crippen LogP contribution in [-0.4, -0.2) is 0 Å². The largest absolute Gasteiger partial charge is 0.310 e. The van der Waals surface area contributed by atoms with Gasteiger partial charge < -0.3 is 4.90 Å². The van der Waals surface area contributed by atoms with Crippen LogP contribution in [0.25, 0.3) is 33.4 Å². The van der Waals surface area contributed by atoms with Crippen LogP contribution in [0.4, 0.5) is 17.1 Å². The van der Waals surface area contributed by atoms with Crippen LogP contribution >= 0.6 is 0 Å². The van der Waals surface area contributed by atoms with Crippen LogP contribution in [-0.2, 0) is 21.7 Å². The summed E-state index contributed by atoms with van der Waals surface area (Å²) >= 11 is 0. The molecule has 2 bridgehead atoms. The molecule has 6 aromatic rings. The van der Waals surface area contributed by atoms with Crippen molar-refractivity contribution < 1.29 is 0 Å². The van der Waals surface area contributed by atoms with Crippen molar-refractivity contribution in [1.29, 1.82) is 0 Å². The highest BCUT2D eigenvalue weighted by atomic mass is 15.1. The van der Waals surface area contributed by atoms with E-state index in [1.54, 1.807) is 11.1 Å². The van der Waals surface area contributed by atoms with Crippen LogP contribution in [0.15, 0.2) is 127 Å². The average molecular weight is 754 g/mol. The number of fused-ring (bicyclic) bond motifs is 12. The van der Waals surface area contributed by atoms with E-state index >= 15 is 0 Å². The Balaban J connectivity index is 0.918. The zero-order valence-corrected chi connectivity index (χ0v) is 35.1. The first-order valence-corrected chi connectivity index (χ1v) is 22.5. The van der Waals surface area contributed by atoms with Crippen LogP contribution in [0, 0.1) is 29.1 Å². The second-order valence-electron chi connectivity index (χ2n) is 21.6. The maximum Gasteiger partial charge on any atom is 0.0465 e. The van der Waals surface area contributed by atoms with Crippen LogP contribution in [0.2, 0.25) is 0 Å². The molecule has 2 spiro atoms. The number of anilines is 3. The van der Waals surface area contributed by atoms with Crippen LogP contribution in [0.1, 0.15) is 113 Å². The highest BCUT2D eigenvalue weighted by Gasteiger charge is 2.84. The van der Waals surface area contributed by atoms with Gasteiger partial charge >= 0.3 is 0 Å². The Morgan fingerprint density at radius 3 is 1.78 bits per heavy atom. The third-order valence-corrected chi connectivity index (χ3v) is 18.0. The molecule has 6 unspecified atom stereocenters. The maximum atomic E-state index is 2.57. The van der Waals surface area contributed by atoms with Crippen LogP contribution in [0.3, 0.4) is 0 Å². The number of hydrogen-bond acceptors (Lipinski definition) is 1. The molecule has 0 N–H and O–H groups in total. The predicted molar refractivity (Wildman–Crippen MR) is 240 cm³/mol. The highest BCUT2D eigenvalue weighted by molar-refractivity contribution is 5.89. The second kappa shape index (κ2) is 10.8.